The minimum Gasteiger partial charge on any atom is -0.460 e. The van der Waals surface area contributed by atoms with Crippen molar-refractivity contribution in [3.05, 3.63) is 394 Å². The lowest BCUT2D eigenvalue weighted by Gasteiger charge is -2.47. The molecule has 15 atom stereocenters. The lowest BCUT2D eigenvalue weighted by molar-refractivity contribution is -0.153. The Morgan fingerprint density at radius 3 is 1.20 bits per heavy atom. The van der Waals surface area contributed by atoms with E-state index in [1.165, 1.54) is 47.2 Å². The lowest BCUT2D eigenvalue weighted by Crippen LogP contribution is -2.46. The van der Waals surface area contributed by atoms with Crippen LogP contribution in [0.4, 0.5) is 22.0 Å². The molecule has 0 spiro atoms. The summed E-state index contributed by atoms with van der Waals surface area (Å²) in [5.41, 5.74) is 12.0. The molecule has 0 radical (unpaired) electrons. The Hall–Kier alpha value is -10.5. The highest BCUT2D eigenvalue weighted by Crippen LogP contribution is 2.56. The van der Waals surface area contributed by atoms with E-state index in [9.17, 15) is 37.8 Å². The SMILES string of the molecule is CC(C)(C)OC(=O)CC1=N[C@@]2(c3ccccc3F)CC[C@H](O)C[C@H]2CS1.Fc1ccccc1[C@]12CC[C@H](OCc3ccccc3)C[C@H]1COC2.NC1=N[C@@]2(c3ccccc3F)CC[C@H](OCc3ccccc3)C[C@H]2CS1.O=C(CC(=S)C[C@@]1(c2ccccc2F)CC[C@H](OCc2ccccc2)C[C@H]1CO)c1ccccc1.O=C(CC1=N[C@@]2(c3ccccc3F)CC[C@H](OCc3ccccc3)C[C@H]2CS1)c1ccccc1. The molecular weight excluding hydrogens is 1910 g/mol. The molecule has 4 N–H and O–H groups in total. The van der Waals surface area contributed by atoms with Crippen LogP contribution in [-0.4, -0.2) is 121 Å². The number of ketones is 2. The fourth-order valence-electron chi connectivity index (χ4n) is 22.8. The Morgan fingerprint density at radius 1 is 0.414 bits per heavy atom. The van der Waals surface area contributed by atoms with Gasteiger partial charge in [-0.3, -0.25) is 29.4 Å². The summed E-state index contributed by atoms with van der Waals surface area (Å²) < 4.78 is 110. The largest absolute Gasteiger partial charge is 0.460 e. The first kappa shape index (κ1) is 107. The average Bonchev–Trinajstić information content (AvgIpc) is 1.72. The summed E-state index contributed by atoms with van der Waals surface area (Å²) in [6, 6.07) is 93.7. The predicted octanol–water partition coefficient (Wildman–Crippen LogP) is 26.3. The maximum Gasteiger partial charge on any atom is 0.312 e. The monoisotopic (exact) mass is 2040 g/mol. The Labute approximate surface area is 867 Å². The number of thiocarbonyl (C=S) groups is 1. The van der Waals surface area contributed by atoms with E-state index >= 15 is 8.78 Å². The number of ether oxygens (including phenoxy) is 6. The second kappa shape index (κ2) is 50.5. The summed E-state index contributed by atoms with van der Waals surface area (Å²) in [5.74, 6) is 1.51. The first-order chi connectivity index (χ1) is 70.3. The van der Waals surface area contributed by atoms with E-state index < -0.39 is 27.6 Å². The van der Waals surface area contributed by atoms with Crippen molar-refractivity contribution in [1.29, 1.82) is 0 Å². The van der Waals surface area contributed by atoms with Gasteiger partial charge in [0.1, 0.15) is 34.7 Å². The van der Waals surface area contributed by atoms with Crippen LogP contribution in [0.5, 0.6) is 0 Å². The Bertz CT molecular complexity index is 6220. The molecule has 0 aromatic heterocycles. The van der Waals surface area contributed by atoms with Crippen molar-refractivity contribution < 1.29 is 75.0 Å². The number of fused-ring (bicyclic) bond motifs is 4. The second-order valence-corrected chi connectivity index (χ2v) is 44.5. The Kier molecular flexibility index (Phi) is 37.4. The minimum absolute atomic E-state index is 0.0354. The molecule has 0 bridgehead atoms. The van der Waals surface area contributed by atoms with E-state index in [0.717, 1.165) is 91.0 Å². The molecule has 11 aromatic rings. The van der Waals surface area contributed by atoms with Crippen molar-refractivity contribution in [3.8, 4) is 0 Å². The van der Waals surface area contributed by atoms with Crippen LogP contribution in [-0.2, 0) is 87.1 Å². The highest BCUT2D eigenvalue weighted by atomic mass is 32.2. The Balaban J connectivity index is 0.000000131. The normalized spacial score (nSPS) is 26.1. The van der Waals surface area contributed by atoms with Gasteiger partial charge in [-0.2, -0.15) is 0 Å². The molecule has 24 heteroatoms. The number of aliphatic imine (C=N–C) groups is 3. The molecule has 5 saturated carbocycles. The van der Waals surface area contributed by atoms with Crippen LogP contribution >= 0.6 is 47.5 Å². The summed E-state index contributed by atoms with van der Waals surface area (Å²) in [6.45, 7) is 9.08. The van der Waals surface area contributed by atoms with Gasteiger partial charge in [0.15, 0.2) is 16.7 Å². The number of thioether (sulfide) groups is 3. The van der Waals surface area contributed by atoms with Crippen LogP contribution < -0.4 is 5.73 Å². The molecule has 145 heavy (non-hydrogen) atoms. The van der Waals surface area contributed by atoms with Crippen molar-refractivity contribution in [3.63, 3.8) is 0 Å². The van der Waals surface area contributed by atoms with Crippen molar-refractivity contribution in [1.82, 2.24) is 0 Å². The summed E-state index contributed by atoms with van der Waals surface area (Å²) in [4.78, 5) is 53.3. The van der Waals surface area contributed by atoms with Gasteiger partial charge < -0.3 is 44.4 Å². The summed E-state index contributed by atoms with van der Waals surface area (Å²) in [7, 11) is 0. The van der Waals surface area contributed by atoms with Crippen molar-refractivity contribution in [2.45, 2.75) is 233 Å². The number of halogens is 5. The third kappa shape index (κ3) is 27.2. The van der Waals surface area contributed by atoms with Gasteiger partial charge in [0, 0.05) is 91.6 Å². The number of amidine groups is 1. The zero-order valence-electron chi connectivity index (χ0n) is 82.7. The molecule has 0 amide bonds. The Morgan fingerprint density at radius 2 is 0.766 bits per heavy atom. The predicted molar refractivity (Wildman–Crippen MR) is 573 cm³/mol. The number of nitrogens with zero attached hydrogens (tertiary/aromatic N) is 3. The van der Waals surface area contributed by atoms with E-state index in [-0.39, 0.29) is 132 Å². The molecule has 9 aliphatic rings. The van der Waals surface area contributed by atoms with Gasteiger partial charge in [-0.05, 0) is 199 Å². The molecule has 5 aliphatic carbocycles. The van der Waals surface area contributed by atoms with E-state index in [4.69, 9.17) is 61.3 Å². The second-order valence-electron chi connectivity index (χ2n) is 40.7. The van der Waals surface area contributed by atoms with Gasteiger partial charge in [-0.15, -0.1) is 23.5 Å². The van der Waals surface area contributed by atoms with Gasteiger partial charge in [0.2, 0.25) is 0 Å². The first-order valence-electron chi connectivity index (χ1n) is 50.9. The lowest BCUT2D eigenvalue weighted by atomic mass is 9.59. The number of hydrogen-bond donors (Lipinski definition) is 3. The average molecular weight is 2040 g/mol. The quantitative estimate of drug-likeness (QED) is 0.0180. The maximum atomic E-state index is 15.2. The van der Waals surface area contributed by atoms with Gasteiger partial charge in [0.05, 0.1) is 110 Å². The van der Waals surface area contributed by atoms with E-state index in [0.29, 0.717) is 145 Å². The molecule has 6 fully saturated rings. The number of aliphatic hydroxyl groups excluding tert-OH is 2. The molecule has 4 aliphatic heterocycles. The van der Waals surface area contributed by atoms with Gasteiger partial charge in [-0.25, -0.2) is 22.0 Å². The zero-order valence-corrected chi connectivity index (χ0v) is 85.9. The van der Waals surface area contributed by atoms with Crippen LogP contribution in [0.15, 0.2) is 318 Å². The number of Topliss-reactive ketones (excluding diaryl/α,β-unsaturated/α-hetero) is 2. The number of nitrogens with two attached hydrogens (primary N) is 1. The molecule has 15 nitrogen and oxygen atoms in total. The topological polar surface area (TPSA) is 210 Å². The summed E-state index contributed by atoms with van der Waals surface area (Å²) in [5, 5.41) is 22.6. The fraction of sp³-hybridized carbons (Fsp3) is 0.397. The molecule has 20 rings (SSSR count). The van der Waals surface area contributed by atoms with Crippen LogP contribution in [0.3, 0.4) is 0 Å². The number of rotatable bonds is 28. The number of aliphatic hydroxyl groups is 2. The summed E-state index contributed by atoms with van der Waals surface area (Å²) in [6.07, 6.45) is 12.4. The highest BCUT2D eigenvalue weighted by molar-refractivity contribution is 8.14. The maximum absolute atomic E-state index is 15.2. The third-order valence-corrected chi connectivity index (χ3v) is 33.7. The first-order valence-corrected chi connectivity index (χ1v) is 54.2. The molecule has 760 valence electrons. The minimum atomic E-state index is -0.701. The standard InChI is InChI=1S/C30H31FO3S.C29H28FNO2S.C21H23FN2OS.C21H23FO2.C20H26FNO3S/c31-28-14-8-7-13-27(28)30(19-26(35)18-29(33)23-11-5-2-6-12-23)16-15-25(17-24(30)20-32)34-21-22-9-3-1-4-10-22;30-26-14-8-7-13-25(26)29-16-15-24(33-19-21-9-3-1-4-10-21)17-23(29)20-34-28(31-29)18-27(32)22-11-5-2-6-12-22;22-19-9-5-4-8-18(19)21-11-10-17(12-16(21)14-26-20(23)24-21)25-13-15-6-2-1-3-7-15;22-20-9-5-4-8-19(20)21-11-10-18(12-17(21)14-23-15-21)24-13-16-6-2-1-3-7-16;1-19(2,3)25-18(24)11-17-22-20(15-6-4-5-7-16(15)21)9-8-14(23)10-13(20)12-26-17/h1-14,24-25,32H,15-21H2;1-14,23-24H,15-20H2;1-9,16-17H,10-14H2,(H2,23,24);1-9,17-18H,10-15H2;4-7,13-14,23H,8-12H2,1-3H3/t24-,25-,30-;23-,24-,29-;16-,17-,21-;17-,18-,21-;13-,14-,20-/m00000/s1. The molecule has 1 saturated heterocycles. The van der Waals surface area contributed by atoms with E-state index in [1.807, 2.05) is 203 Å². The highest BCUT2D eigenvalue weighted by Gasteiger charge is 2.55. The van der Waals surface area contributed by atoms with Crippen LogP contribution in [0.1, 0.15) is 214 Å². The van der Waals surface area contributed by atoms with E-state index in [2.05, 4.69) is 36.4 Å². The van der Waals surface area contributed by atoms with Crippen molar-refractivity contribution >= 4 is 85.2 Å². The smallest absolute Gasteiger partial charge is 0.312 e. The molecule has 4 heterocycles. The van der Waals surface area contributed by atoms with Crippen LogP contribution in [0.2, 0.25) is 0 Å². The zero-order chi connectivity index (χ0) is 101. The van der Waals surface area contributed by atoms with Gasteiger partial charge in [-0.1, -0.05) is 297 Å². The molecule has 11 aromatic carbocycles. The van der Waals surface area contributed by atoms with Crippen molar-refractivity contribution in [2.75, 3.05) is 37.1 Å². The fourth-order valence-corrected chi connectivity index (χ4v) is 26.7. The number of benzene rings is 11. The number of carbonyl (C=O) groups excluding carboxylic acids is 3. The number of esters is 1. The number of carbonyl (C=O) groups is 3. The van der Waals surface area contributed by atoms with Crippen LogP contribution in [0, 0.1) is 58.7 Å². The molecular formula is C121H131F5N4O11S4. The van der Waals surface area contributed by atoms with Crippen molar-refractivity contribution in [2.24, 2.45) is 50.3 Å². The third-order valence-electron chi connectivity index (χ3n) is 30.2. The van der Waals surface area contributed by atoms with Crippen LogP contribution in [0.25, 0.3) is 0 Å². The van der Waals surface area contributed by atoms with Gasteiger partial charge >= 0.3 is 5.97 Å². The molecule has 0 unspecified atom stereocenters. The van der Waals surface area contributed by atoms with E-state index in [1.54, 1.807) is 84.2 Å². The number of hydrogen-bond acceptors (Lipinski definition) is 19. The van der Waals surface area contributed by atoms with Gasteiger partial charge in [0.25, 0.3) is 0 Å². The summed E-state index contributed by atoms with van der Waals surface area (Å²) >= 11 is 10.4.